The first kappa shape index (κ1) is 17.8. The fourth-order valence-corrected chi connectivity index (χ4v) is 3.20. The first-order valence-corrected chi connectivity index (χ1v) is 9.29. The van der Waals surface area contributed by atoms with E-state index in [-0.39, 0.29) is 6.04 Å². The highest BCUT2D eigenvalue weighted by molar-refractivity contribution is 5.96. The highest BCUT2D eigenvalue weighted by Gasteiger charge is 2.15. The zero-order valence-corrected chi connectivity index (χ0v) is 15.7. The average Bonchev–Trinajstić information content (AvgIpc) is 3.13. The largest absolute Gasteiger partial charge is 0.399 e. The van der Waals surface area contributed by atoms with Crippen LogP contribution >= 0.6 is 0 Å². The number of nitrogens with zero attached hydrogens (tertiary/aromatic N) is 3. The van der Waals surface area contributed by atoms with Crippen LogP contribution in [0.4, 0.5) is 17.3 Å². The summed E-state index contributed by atoms with van der Waals surface area (Å²) in [7, 11) is 0. The first-order valence-electron chi connectivity index (χ1n) is 9.29. The van der Waals surface area contributed by atoms with Gasteiger partial charge < -0.3 is 16.4 Å². The molecule has 7 nitrogen and oxygen atoms in total. The topological polar surface area (TPSA) is 105 Å². The van der Waals surface area contributed by atoms with Crippen molar-refractivity contribution in [2.75, 3.05) is 22.9 Å². The molecular weight excluding hydrogens is 350 g/mol. The molecule has 2 aromatic carbocycles. The van der Waals surface area contributed by atoms with Crippen molar-refractivity contribution in [3.8, 4) is 0 Å². The van der Waals surface area contributed by atoms with Crippen LogP contribution in [0.2, 0.25) is 0 Å². The van der Waals surface area contributed by atoms with Gasteiger partial charge in [0.2, 0.25) is 0 Å². The maximum absolute atomic E-state index is 5.85. The van der Waals surface area contributed by atoms with Gasteiger partial charge in [-0.2, -0.15) is 5.10 Å². The Kier molecular flexibility index (Phi) is 5.05. The summed E-state index contributed by atoms with van der Waals surface area (Å²) in [5.41, 5.74) is 9.69. The van der Waals surface area contributed by atoms with Gasteiger partial charge in [0.05, 0.1) is 0 Å². The smallest absolute Gasteiger partial charge is 0.162 e. The lowest BCUT2D eigenvalue weighted by Gasteiger charge is -2.15. The summed E-state index contributed by atoms with van der Waals surface area (Å²) in [5.74, 6) is 1.49. The molecule has 4 rings (SSSR count). The molecule has 28 heavy (non-hydrogen) atoms. The Labute approximate surface area is 163 Å². The fourth-order valence-electron chi connectivity index (χ4n) is 3.20. The molecule has 0 fully saturated rings. The number of hydrogen-bond acceptors (Lipinski definition) is 6. The molecule has 142 valence electrons. The average molecular weight is 373 g/mol. The van der Waals surface area contributed by atoms with Crippen molar-refractivity contribution in [2.24, 2.45) is 0 Å². The standard InChI is InChI=1S/C21H23N7/c1-14(16-7-3-2-4-8-16)26-19-18-20(27-28-21(18)25-13-24-19)23-11-10-15-6-5-9-17(22)12-15/h2-9,12-14H,10-11,22H2,1H3,(H3,23,24,25,26,27,28)/t14-/m1/s1. The van der Waals surface area contributed by atoms with Gasteiger partial charge in [-0.05, 0) is 36.6 Å². The summed E-state index contributed by atoms with van der Waals surface area (Å²) in [6, 6.07) is 18.3. The van der Waals surface area contributed by atoms with Crippen molar-refractivity contribution in [3.63, 3.8) is 0 Å². The van der Waals surface area contributed by atoms with Gasteiger partial charge in [0.15, 0.2) is 11.5 Å². The lowest BCUT2D eigenvalue weighted by molar-refractivity contribution is 0.876. The molecule has 2 aromatic heterocycles. The Morgan fingerprint density at radius 3 is 2.71 bits per heavy atom. The molecule has 7 heteroatoms. The van der Waals surface area contributed by atoms with E-state index in [1.54, 1.807) is 0 Å². The van der Waals surface area contributed by atoms with Crippen molar-refractivity contribution in [2.45, 2.75) is 19.4 Å². The third kappa shape index (κ3) is 3.88. The normalized spacial score (nSPS) is 12.0. The number of rotatable bonds is 7. The number of hydrogen-bond donors (Lipinski definition) is 4. The number of fused-ring (bicyclic) bond motifs is 1. The molecule has 0 amide bonds. The predicted molar refractivity (Wildman–Crippen MR) is 113 cm³/mol. The van der Waals surface area contributed by atoms with E-state index >= 15 is 0 Å². The van der Waals surface area contributed by atoms with Gasteiger partial charge in [-0.25, -0.2) is 9.97 Å². The molecule has 0 saturated heterocycles. The van der Waals surface area contributed by atoms with E-state index in [2.05, 4.69) is 55.9 Å². The monoisotopic (exact) mass is 373 g/mol. The highest BCUT2D eigenvalue weighted by Crippen LogP contribution is 2.28. The third-order valence-electron chi connectivity index (χ3n) is 4.67. The number of H-pyrrole nitrogens is 1. The van der Waals surface area contributed by atoms with Crippen molar-refractivity contribution in [1.82, 2.24) is 20.2 Å². The van der Waals surface area contributed by atoms with Crippen LogP contribution in [-0.2, 0) is 6.42 Å². The Balaban J connectivity index is 1.51. The molecule has 0 bridgehead atoms. The number of nitrogens with one attached hydrogen (secondary N) is 3. The molecule has 0 aliphatic rings. The molecule has 0 unspecified atom stereocenters. The van der Waals surface area contributed by atoms with E-state index in [4.69, 9.17) is 5.73 Å². The van der Waals surface area contributed by atoms with E-state index in [1.165, 1.54) is 17.5 Å². The fraction of sp³-hybridized carbons (Fsp3) is 0.190. The Morgan fingerprint density at radius 1 is 1.04 bits per heavy atom. The highest BCUT2D eigenvalue weighted by atomic mass is 15.2. The third-order valence-corrected chi connectivity index (χ3v) is 4.67. The van der Waals surface area contributed by atoms with E-state index in [0.717, 1.165) is 35.7 Å². The van der Waals surface area contributed by atoms with E-state index in [9.17, 15) is 0 Å². The van der Waals surface area contributed by atoms with E-state index < -0.39 is 0 Å². The first-order chi connectivity index (χ1) is 13.7. The Morgan fingerprint density at radius 2 is 1.89 bits per heavy atom. The van der Waals surface area contributed by atoms with Crippen LogP contribution in [0, 0.1) is 0 Å². The van der Waals surface area contributed by atoms with Crippen molar-refractivity contribution < 1.29 is 0 Å². The van der Waals surface area contributed by atoms with Gasteiger partial charge >= 0.3 is 0 Å². The van der Waals surface area contributed by atoms with Crippen LogP contribution < -0.4 is 16.4 Å². The second-order valence-electron chi connectivity index (χ2n) is 6.72. The van der Waals surface area contributed by atoms with Crippen LogP contribution in [-0.4, -0.2) is 26.7 Å². The molecule has 0 saturated carbocycles. The summed E-state index contributed by atoms with van der Waals surface area (Å²) in [6.45, 7) is 2.84. The molecule has 4 aromatic rings. The van der Waals surface area contributed by atoms with Gasteiger partial charge in [-0.1, -0.05) is 42.5 Å². The molecule has 1 atom stereocenters. The molecule has 0 radical (unpaired) electrons. The Hall–Kier alpha value is -3.61. The SMILES string of the molecule is C[C@@H](Nc1ncnc2[nH]nc(NCCc3cccc(N)c3)c12)c1ccccc1. The molecular formula is C21H23N7. The summed E-state index contributed by atoms with van der Waals surface area (Å²) in [6.07, 6.45) is 2.38. The minimum absolute atomic E-state index is 0.106. The lowest BCUT2D eigenvalue weighted by atomic mass is 10.1. The van der Waals surface area contributed by atoms with Crippen molar-refractivity contribution in [3.05, 3.63) is 72.1 Å². The van der Waals surface area contributed by atoms with Crippen LogP contribution in [0.5, 0.6) is 0 Å². The number of aromatic amines is 1. The van der Waals surface area contributed by atoms with Crippen molar-refractivity contribution in [1.29, 1.82) is 0 Å². The maximum atomic E-state index is 5.85. The van der Waals surface area contributed by atoms with Crippen molar-refractivity contribution >= 4 is 28.4 Å². The van der Waals surface area contributed by atoms with E-state index in [1.807, 2.05) is 36.4 Å². The van der Waals surface area contributed by atoms with Gasteiger partial charge in [0, 0.05) is 18.3 Å². The van der Waals surface area contributed by atoms with Crippen LogP contribution in [0.1, 0.15) is 24.1 Å². The van der Waals surface area contributed by atoms with Gasteiger partial charge in [0.1, 0.15) is 17.5 Å². The lowest BCUT2D eigenvalue weighted by Crippen LogP contribution is -2.10. The van der Waals surface area contributed by atoms with Gasteiger partial charge in [-0.15, -0.1) is 0 Å². The van der Waals surface area contributed by atoms with Crippen LogP contribution in [0.15, 0.2) is 60.9 Å². The molecule has 2 heterocycles. The minimum Gasteiger partial charge on any atom is -0.399 e. The molecule has 5 N–H and O–H groups in total. The number of nitrogen functional groups attached to an aromatic ring is 1. The summed E-state index contributed by atoms with van der Waals surface area (Å²) in [4.78, 5) is 8.74. The molecule has 0 spiro atoms. The number of benzene rings is 2. The van der Waals surface area contributed by atoms with Gasteiger partial charge in [0.25, 0.3) is 0 Å². The molecule has 0 aliphatic heterocycles. The Bertz CT molecular complexity index is 1060. The number of aromatic nitrogens is 4. The number of anilines is 3. The predicted octanol–water partition coefficient (Wildman–Crippen LogP) is 3.76. The zero-order chi connectivity index (χ0) is 19.3. The summed E-state index contributed by atoms with van der Waals surface area (Å²) < 4.78 is 0. The summed E-state index contributed by atoms with van der Waals surface area (Å²) >= 11 is 0. The number of nitrogens with two attached hydrogens (primary N) is 1. The van der Waals surface area contributed by atoms with Crippen LogP contribution in [0.25, 0.3) is 11.0 Å². The maximum Gasteiger partial charge on any atom is 0.162 e. The van der Waals surface area contributed by atoms with Crippen LogP contribution in [0.3, 0.4) is 0 Å². The second-order valence-corrected chi connectivity index (χ2v) is 6.72. The van der Waals surface area contributed by atoms with E-state index in [0.29, 0.717) is 5.65 Å². The second kappa shape index (κ2) is 7.96. The zero-order valence-electron chi connectivity index (χ0n) is 15.7. The minimum atomic E-state index is 0.106. The summed E-state index contributed by atoms with van der Waals surface area (Å²) in [5, 5.41) is 15.1. The quantitative estimate of drug-likeness (QED) is 0.368. The molecule has 0 aliphatic carbocycles. The van der Waals surface area contributed by atoms with Gasteiger partial charge in [-0.3, -0.25) is 5.10 Å².